The van der Waals surface area contributed by atoms with Gasteiger partial charge in [-0.05, 0) is 48.7 Å². The van der Waals surface area contributed by atoms with Gasteiger partial charge in [0.2, 0.25) is 0 Å². The lowest BCUT2D eigenvalue weighted by atomic mass is 10.0. The van der Waals surface area contributed by atoms with Gasteiger partial charge in [0.25, 0.3) is 5.91 Å². The van der Waals surface area contributed by atoms with E-state index < -0.39 is 5.82 Å². The summed E-state index contributed by atoms with van der Waals surface area (Å²) in [5, 5.41) is 0. The van der Waals surface area contributed by atoms with Gasteiger partial charge in [-0.15, -0.1) is 0 Å². The maximum atomic E-state index is 14.3. The number of halogens is 1. The van der Waals surface area contributed by atoms with E-state index in [1.165, 1.54) is 18.6 Å². The number of amides is 1. The maximum Gasteiger partial charge on any atom is 0.260 e. The van der Waals surface area contributed by atoms with Crippen LogP contribution in [0.25, 0.3) is 0 Å². The Morgan fingerprint density at radius 2 is 1.69 bits per heavy atom. The van der Waals surface area contributed by atoms with E-state index in [1.807, 2.05) is 29.2 Å². The van der Waals surface area contributed by atoms with E-state index in [0.717, 1.165) is 0 Å². The van der Waals surface area contributed by atoms with E-state index in [9.17, 15) is 14.0 Å². The molecule has 1 heterocycles. The molecule has 1 fully saturated rings. The van der Waals surface area contributed by atoms with Gasteiger partial charge in [0, 0.05) is 31.7 Å². The molecule has 3 rings (SSSR count). The summed E-state index contributed by atoms with van der Waals surface area (Å²) >= 11 is 0. The van der Waals surface area contributed by atoms with Crippen molar-refractivity contribution < 1.29 is 18.7 Å². The van der Waals surface area contributed by atoms with E-state index in [1.54, 1.807) is 17.0 Å². The summed E-state index contributed by atoms with van der Waals surface area (Å²) in [7, 11) is 0. The van der Waals surface area contributed by atoms with Crippen molar-refractivity contribution in [2.75, 3.05) is 37.7 Å². The highest BCUT2D eigenvalue weighted by Gasteiger charge is 2.23. The van der Waals surface area contributed by atoms with E-state index in [2.05, 4.69) is 13.8 Å². The number of hydrogen-bond donors (Lipinski definition) is 0. The fraction of sp³-hybridized carbons (Fsp3) is 0.391. The van der Waals surface area contributed by atoms with Crippen molar-refractivity contribution in [3.63, 3.8) is 0 Å². The Bertz CT molecular complexity index is 872. The minimum Gasteiger partial charge on any atom is -0.484 e. The van der Waals surface area contributed by atoms with Gasteiger partial charge in [0.05, 0.1) is 5.69 Å². The quantitative estimate of drug-likeness (QED) is 0.693. The summed E-state index contributed by atoms with van der Waals surface area (Å²) in [4.78, 5) is 27.5. The summed E-state index contributed by atoms with van der Waals surface area (Å²) in [6.07, 6.45) is 0. The fourth-order valence-electron chi connectivity index (χ4n) is 3.36. The minimum atomic E-state index is -0.411. The van der Waals surface area contributed by atoms with Crippen LogP contribution >= 0.6 is 0 Å². The van der Waals surface area contributed by atoms with Gasteiger partial charge < -0.3 is 14.5 Å². The van der Waals surface area contributed by atoms with Gasteiger partial charge in [-0.1, -0.05) is 26.0 Å². The molecule has 0 N–H and O–H groups in total. The second-order valence-electron chi connectivity index (χ2n) is 7.60. The molecular weight excluding hydrogens is 371 g/mol. The van der Waals surface area contributed by atoms with E-state index >= 15 is 0 Å². The molecule has 2 aromatic rings. The predicted molar refractivity (Wildman–Crippen MR) is 111 cm³/mol. The Morgan fingerprint density at radius 3 is 2.24 bits per heavy atom. The molecule has 0 unspecified atom stereocenters. The zero-order valence-electron chi connectivity index (χ0n) is 17.2. The number of piperazine rings is 1. The molecule has 1 amide bonds. The molecule has 0 saturated carbocycles. The number of rotatable bonds is 6. The van der Waals surface area contributed by atoms with Crippen LogP contribution in [-0.4, -0.2) is 49.4 Å². The number of hydrogen-bond acceptors (Lipinski definition) is 4. The maximum absolute atomic E-state index is 14.3. The zero-order chi connectivity index (χ0) is 21.0. The molecule has 1 aliphatic rings. The minimum absolute atomic E-state index is 0.0112. The third-order valence-corrected chi connectivity index (χ3v) is 5.24. The molecule has 6 heteroatoms. The number of ether oxygens (including phenoxy) is 1. The molecule has 0 radical (unpaired) electrons. The number of benzene rings is 2. The largest absolute Gasteiger partial charge is 0.484 e. The van der Waals surface area contributed by atoms with Gasteiger partial charge >= 0.3 is 0 Å². The topological polar surface area (TPSA) is 49.9 Å². The van der Waals surface area contributed by atoms with Crippen molar-refractivity contribution in [3.8, 4) is 5.75 Å². The summed E-state index contributed by atoms with van der Waals surface area (Å²) < 4.78 is 20.0. The van der Waals surface area contributed by atoms with Gasteiger partial charge in [0.15, 0.2) is 12.4 Å². The van der Waals surface area contributed by atoms with Crippen LogP contribution in [0.15, 0.2) is 42.5 Å². The number of nitrogens with zero attached hydrogens (tertiary/aromatic N) is 2. The lowest BCUT2D eigenvalue weighted by molar-refractivity contribution is -0.133. The first-order valence-electron chi connectivity index (χ1n) is 9.91. The van der Waals surface area contributed by atoms with Crippen molar-refractivity contribution in [1.29, 1.82) is 0 Å². The van der Waals surface area contributed by atoms with Crippen molar-refractivity contribution in [1.82, 2.24) is 4.90 Å². The number of Topliss-reactive ketones (excluding diaryl/α,β-unsaturated/α-hetero) is 1. The summed E-state index contributed by atoms with van der Waals surface area (Å²) in [5.41, 5.74) is 2.05. The second kappa shape index (κ2) is 9.07. The van der Waals surface area contributed by atoms with Crippen LogP contribution < -0.4 is 9.64 Å². The van der Waals surface area contributed by atoms with E-state index in [-0.39, 0.29) is 18.3 Å². The third-order valence-electron chi connectivity index (χ3n) is 5.24. The highest BCUT2D eigenvalue weighted by molar-refractivity contribution is 5.94. The van der Waals surface area contributed by atoms with Gasteiger partial charge in [-0.2, -0.15) is 0 Å². The average Bonchev–Trinajstić information content (AvgIpc) is 2.72. The monoisotopic (exact) mass is 398 g/mol. The fourth-order valence-corrected chi connectivity index (χ4v) is 3.36. The lowest BCUT2D eigenvalue weighted by Gasteiger charge is -2.36. The van der Waals surface area contributed by atoms with Gasteiger partial charge in [0.1, 0.15) is 11.6 Å². The Hall–Kier alpha value is -2.89. The first-order valence-corrected chi connectivity index (χ1v) is 9.91. The third kappa shape index (κ3) is 5.13. The molecule has 0 aromatic heterocycles. The van der Waals surface area contributed by atoms with Crippen LogP contribution in [0.1, 0.15) is 42.6 Å². The highest BCUT2D eigenvalue weighted by atomic mass is 19.1. The van der Waals surface area contributed by atoms with Crippen LogP contribution in [0, 0.1) is 5.82 Å². The molecule has 0 spiro atoms. The number of anilines is 1. The summed E-state index contributed by atoms with van der Waals surface area (Å²) in [6.45, 7) is 7.73. The Balaban J connectivity index is 1.51. The van der Waals surface area contributed by atoms with E-state index in [4.69, 9.17) is 4.74 Å². The first kappa shape index (κ1) is 20.8. The van der Waals surface area contributed by atoms with Crippen LogP contribution in [0.5, 0.6) is 5.75 Å². The van der Waals surface area contributed by atoms with Gasteiger partial charge in [-0.3, -0.25) is 9.59 Å². The van der Waals surface area contributed by atoms with Crippen molar-refractivity contribution >= 4 is 17.4 Å². The van der Waals surface area contributed by atoms with Gasteiger partial charge in [-0.25, -0.2) is 4.39 Å². The zero-order valence-corrected chi connectivity index (χ0v) is 17.2. The molecule has 2 aromatic carbocycles. The molecule has 1 saturated heterocycles. The summed E-state index contributed by atoms with van der Waals surface area (Å²) in [6, 6.07) is 12.3. The Kier molecular flexibility index (Phi) is 6.52. The van der Waals surface area contributed by atoms with Crippen LogP contribution in [0.2, 0.25) is 0 Å². The molecule has 1 aliphatic heterocycles. The van der Waals surface area contributed by atoms with Crippen LogP contribution in [-0.2, 0) is 4.79 Å². The molecule has 0 aliphatic carbocycles. The molecule has 5 nitrogen and oxygen atoms in total. The smallest absolute Gasteiger partial charge is 0.260 e. The Morgan fingerprint density at radius 1 is 1.03 bits per heavy atom. The summed E-state index contributed by atoms with van der Waals surface area (Å²) in [5.74, 6) is 0.472. The Labute approximate surface area is 171 Å². The van der Waals surface area contributed by atoms with Crippen LogP contribution in [0.4, 0.5) is 10.1 Å². The standard InChI is InChI=1S/C23H27FN2O3/c1-16(2)18-4-7-20(8-5-18)29-15-23(28)26-12-10-25(11-13-26)22-9-6-19(17(3)27)14-21(22)24/h4-9,14,16H,10-13,15H2,1-3H3. The SMILES string of the molecule is CC(=O)c1ccc(N2CCN(C(=O)COc3ccc(C(C)C)cc3)CC2)c(F)c1. The van der Waals surface area contributed by atoms with Crippen LogP contribution in [0.3, 0.4) is 0 Å². The molecule has 0 bridgehead atoms. The first-order chi connectivity index (χ1) is 13.8. The van der Waals surface area contributed by atoms with Crippen molar-refractivity contribution in [2.45, 2.75) is 26.7 Å². The number of ketones is 1. The van der Waals surface area contributed by atoms with Crippen molar-refractivity contribution in [2.24, 2.45) is 0 Å². The predicted octanol–water partition coefficient (Wildman–Crippen LogP) is 3.88. The van der Waals surface area contributed by atoms with Crippen molar-refractivity contribution in [3.05, 3.63) is 59.4 Å². The molecule has 29 heavy (non-hydrogen) atoms. The highest BCUT2D eigenvalue weighted by Crippen LogP contribution is 2.23. The number of carbonyl (C=O) groups is 2. The lowest BCUT2D eigenvalue weighted by Crippen LogP contribution is -2.50. The number of carbonyl (C=O) groups excluding carboxylic acids is 2. The molecular formula is C23H27FN2O3. The average molecular weight is 398 g/mol. The second-order valence-corrected chi connectivity index (χ2v) is 7.60. The van der Waals surface area contributed by atoms with E-state index in [0.29, 0.717) is 49.1 Å². The molecule has 154 valence electrons. The normalized spacial score (nSPS) is 14.2. The molecule has 0 atom stereocenters.